The van der Waals surface area contributed by atoms with Crippen LogP contribution in [0, 0.1) is 11.8 Å². The first-order valence-electron chi connectivity index (χ1n) is 23.4. The molecule has 1 atom stereocenters. The van der Waals surface area contributed by atoms with Crippen LogP contribution in [0.2, 0.25) is 0 Å². The van der Waals surface area contributed by atoms with Crippen LogP contribution in [0.15, 0.2) is 77.4 Å². The fraction of sp³-hybridized carbons (Fsp3) is 0.400. The summed E-state index contributed by atoms with van der Waals surface area (Å²) < 4.78 is 58.7. The summed E-state index contributed by atoms with van der Waals surface area (Å²) in [5, 5.41) is 12.0. The third-order valence-electron chi connectivity index (χ3n) is 13.0. The van der Waals surface area contributed by atoms with Crippen LogP contribution in [-0.4, -0.2) is 133 Å². The fourth-order valence-electron chi connectivity index (χ4n) is 9.43. The molecule has 5 heterocycles. The number of fused-ring (bicyclic) bond motifs is 1. The summed E-state index contributed by atoms with van der Waals surface area (Å²) >= 11 is 3.49. The van der Waals surface area contributed by atoms with Gasteiger partial charge in [0.25, 0.3) is 5.91 Å². The van der Waals surface area contributed by atoms with Crippen molar-refractivity contribution in [3.05, 3.63) is 94.1 Å². The maximum Gasteiger partial charge on any atom is 0.409 e. The van der Waals surface area contributed by atoms with Crippen LogP contribution in [0.4, 0.5) is 47.7 Å². The van der Waals surface area contributed by atoms with Crippen LogP contribution in [0.3, 0.4) is 0 Å². The highest BCUT2D eigenvalue weighted by Crippen LogP contribution is 2.41. The second-order valence-corrected chi connectivity index (χ2v) is 22.2. The summed E-state index contributed by atoms with van der Waals surface area (Å²) in [6.45, 7) is 9.45. The molecule has 1 aromatic heterocycles. The highest BCUT2D eigenvalue weighted by molar-refractivity contribution is 9.10. The molecule has 71 heavy (non-hydrogen) atoms. The van der Waals surface area contributed by atoms with E-state index in [0.29, 0.717) is 82.0 Å². The van der Waals surface area contributed by atoms with Crippen molar-refractivity contribution in [2.45, 2.75) is 63.3 Å². The third kappa shape index (κ3) is 12.6. The Labute approximate surface area is 418 Å². The molecule has 0 bridgehead atoms. The van der Waals surface area contributed by atoms with Gasteiger partial charge in [0.2, 0.25) is 23.7 Å². The number of halogens is 4. The van der Waals surface area contributed by atoms with Crippen molar-refractivity contribution in [1.82, 2.24) is 30.0 Å². The average Bonchev–Trinajstić information content (AvgIpc) is 3.67. The summed E-state index contributed by atoms with van der Waals surface area (Å²) in [5.74, 6) is 5.54. The van der Waals surface area contributed by atoms with Gasteiger partial charge < -0.3 is 40.0 Å². The second kappa shape index (κ2) is 22.0. The molecule has 4 aromatic rings. The Morgan fingerprint density at radius 2 is 1.73 bits per heavy atom. The SMILES string of the molecule is COc1cc(N2CCC(N3CCN(CCCC#Cc4cccc5c4CN(C4CCC(=O)NC4=O)C5=O)CC3)CC2)c(NC(=O)/C=C/C(F)(F)F)cc1Nc1ncc(Br)c(Nc2ccccc2P(C)(C)=O)n1. The first-order valence-corrected chi connectivity index (χ1v) is 26.8. The number of imide groups is 1. The molecular weight excluding hydrogens is 1000 g/mol. The molecule has 0 saturated carbocycles. The van der Waals surface area contributed by atoms with E-state index >= 15 is 0 Å². The summed E-state index contributed by atoms with van der Waals surface area (Å²) in [4.78, 5) is 68.0. The van der Waals surface area contributed by atoms with E-state index in [1.165, 1.54) is 13.3 Å². The number of hydrogen-bond acceptors (Lipinski definition) is 13. The second-order valence-electron chi connectivity index (χ2n) is 18.2. The Bertz CT molecular complexity index is 2830. The van der Waals surface area contributed by atoms with Gasteiger partial charge in [-0.15, -0.1) is 0 Å². The van der Waals surface area contributed by atoms with Gasteiger partial charge in [0, 0.05) is 106 Å². The third-order valence-corrected chi connectivity index (χ3v) is 15.2. The topological polar surface area (TPSA) is 181 Å². The lowest BCUT2D eigenvalue weighted by atomic mass is 10.0. The Kier molecular flexibility index (Phi) is 15.9. The van der Waals surface area contributed by atoms with E-state index in [-0.39, 0.29) is 42.5 Å². The van der Waals surface area contributed by atoms with E-state index in [1.807, 2.05) is 24.3 Å². The lowest BCUT2D eigenvalue weighted by Gasteiger charge is -2.43. The molecule has 4 amide bonds. The number of allylic oxidation sites excluding steroid dienone is 1. The zero-order valence-corrected chi connectivity index (χ0v) is 42.1. The molecule has 3 aromatic carbocycles. The van der Waals surface area contributed by atoms with Crippen LogP contribution in [0.5, 0.6) is 5.75 Å². The number of anilines is 6. The normalized spacial score (nSPS) is 18.2. The number of carbonyl (C=O) groups excluding carboxylic acids is 4. The molecule has 0 radical (unpaired) electrons. The Morgan fingerprint density at radius 1 is 0.972 bits per heavy atom. The standard InChI is InChI=1S/C50H55BrF3N10O6P/c1-70-42-29-41(38(56-45(66)17-20-50(52,53)54)28-39(42)58-49-55-30-36(51)46(60-49)57-37-13-6-7-14-43(37)71(2,3)69)63-22-18-33(19-23-63)62-26-24-61(25-27-62)21-8-4-5-10-32-11-9-12-34-35(32)31-64(48(34)68)40-15-16-44(65)59-47(40)67/h6-7,9,11-14,17,20,28-30,33,40H,4,8,15-16,18-19,21-27,31H2,1-3H3,(H,56,66)(H,59,65,67)(H2,55,57,58,60)/b20-17+. The summed E-state index contributed by atoms with van der Waals surface area (Å²) in [6.07, 6.45) is 0.956. The number of hydrogen-bond donors (Lipinski definition) is 4. The van der Waals surface area contributed by atoms with Crippen molar-refractivity contribution < 1.29 is 41.7 Å². The Hall–Kier alpha value is -6.26. The van der Waals surface area contributed by atoms with Crippen LogP contribution in [0.25, 0.3) is 0 Å². The molecule has 0 aliphatic carbocycles. The van der Waals surface area contributed by atoms with Crippen LogP contribution in [-0.2, 0) is 25.5 Å². The number of para-hydroxylation sites is 1. The van der Waals surface area contributed by atoms with Gasteiger partial charge in [0.1, 0.15) is 24.8 Å². The van der Waals surface area contributed by atoms with Crippen molar-refractivity contribution >= 4 is 86.5 Å². The van der Waals surface area contributed by atoms with Crippen molar-refractivity contribution in [2.24, 2.45) is 0 Å². The van der Waals surface area contributed by atoms with Gasteiger partial charge in [-0.1, -0.05) is 30.0 Å². The number of rotatable bonds is 14. The molecule has 3 fully saturated rings. The van der Waals surface area contributed by atoms with Gasteiger partial charge in [0.15, 0.2) is 0 Å². The lowest BCUT2D eigenvalue weighted by molar-refractivity contribution is -0.137. The van der Waals surface area contributed by atoms with Gasteiger partial charge in [-0.05, 0) is 97.4 Å². The molecule has 3 saturated heterocycles. The zero-order chi connectivity index (χ0) is 50.5. The number of piperidine rings is 2. The van der Waals surface area contributed by atoms with Crippen molar-refractivity contribution in [3.8, 4) is 17.6 Å². The number of carbonyl (C=O) groups is 4. The molecule has 4 aliphatic heterocycles. The molecule has 4 N–H and O–H groups in total. The van der Waals surface area contributed by atoms with Crippen molar-refractivity contribution in [1.29, 1.82) is 0 Å². The van der Waals surface area contributed by atoms with Gasteiger partial charge in [0.05, 0.1) is 34.3 Å². The van der Waals surface area contributed by atoms with E-state index in [1.54, 1.807) is 48.6 Å². The lowest BCUT2D eigenvalue weighted by Crippen LogP contribution is -2.53. The van der Waals surface area contributed by atoms with E-state index < -0.39 is 31.2 Å². The number of alkyl halides is 3. The summed E-state index contributed by atoms with van der Waals surface area (Å²) in [6, 6.07) is 15.7. The monoisotopic (exact) mass is 1060 g/mol. The van der Waals surface area contributed by atoms with Crippen molar-refractivity contribution in [2.75, 3.05) is 87.1 Å². The summed E-state index contributed by atoms with van der Waals surface area (Å²) in [7, 11) is -1.16. The van der Waals surface area contributed by atoms with Crippen LogP contribution < -0.4 is 36.2 Å². The molecule has 16 nitrogen and oxygen atoms in total. The highest BCUT2D eigenvalue weighted by Gasteiger charge is 2.40. The number of nitrogens with one attached hydrogen (secondary N) is 4. The first kappa shape index (κ1) is 51.1. The molecule has 4 aliphatic rings. The van der Waals surface area contributed by atoms with Gasteiger partial charge in [-0.3, -0.25) is 29.4 Å². The molecule has 21 heteroatoms. The van der Waals surface area contributed by atoms with E-state index in [9.17, 15) is 36.9 Å². The smallest absolute Gasteiger partial charge is 0.409 e. The largest absolute Gasteiger partial charge is 0.494 e. The minimum Gasteiger partial charge on any atom is -0.494 e. The molecule has 8 rings (SSSR count). The van der Waals surface area contributed by atoms with Crippen LogP contribution in [0.1, 0.15) is 60.0 Å². The zero-order valence-electron chi connectivity index (χ0n) is 39.6. The minimum atomic E-state index is -4.67. The minimum absolute atomic E-state index is 0.105. The molecule has 374 valence electrons. The van der Waals surface area contributed by atoms with E-state index in [4.69, 9.17) is 4.74 Å². The average molecular weight is 1060 g/mol. The molecule has 1 unspecified atom stereocenters. The van der Waals surface area contributed by atoms with Gasteiger partial charge in [-0.2, -0.15) is 18.2 Å². The number of aromatic nitrogens is 2. The maximum atomic E-state index is 13.2. The number of nitrogens with zero attached hydrogens (tertiary/aromatic N) is 6. The Morgan fingerprint density at radius 3 is 2.45 bits per heavy atom. The van der Waals surface area contributed by atoms with Gasteiger partial charge in [-0.25, -0.2) is 4.98 Å². The quantitative estimate of drug-likeness (QED) is 0.0327. The number of methoxy groups -OCH3 is 1. The molecule has 0 spiro atoms. The predicted octanol–water partition coefficient (Wildman–Crippen LogP) is 7.22. The van der Waals surface area contributed by atoms with E-state index in [2.05, 4.69) is 73.7 Å². The number of benzene rings is 3. The Balaban J connectivity index is 0.869. The summed E-state index contributed by atoms with van der Waals surface area (Å²) in [5.41, 5.74) is 3.96. The number of unbranched alkanes of at least 4 members (excludes halogenated alkanes) is 1. The highest BCUT2D eigenvalue weighted by atomic mass is 79.9. The fourth-order valence-corrected chi connectivity index (χ4v) is 10.9. The maximum absolute atomic E-state index is 13.2. The molecular formula is C50H55BrF3N10O6P. The number of piperazine rings is 1. The number of ether oxygens (including phenoxy) is 1. The first-order chi connectivity index (χ1) is 33.9. The number of amides is 4. The van der Waals surface area contributed by atoms with E-state index in [0.717, 1.165) is 63.1 Å². The van der Waals surface area contributed by atoms with Gasteiger partial charge >= 0.3 is 6.18 Å². The predicted molar refractivity (Wildman–Crippen MR) is 270 cm³/mol. The van der Waals surface area contributed by atoms with Crippen molar-refractivity contribution in [3.63, 3.8) is 0 Å². The van der Waals surface area contributed by atoms with Crippen LogP contribution >= 0.6 is 23.1 Å².